The van der Waals surface area contributed by atoms with Gasteiger partial charge in [0.15, 0.2) is 5.69 Å². The number of benzene rings is 1. The van der Waals surface area contributed by atoms with Gasteiger partial charge in [0.1, 0.15) is 5.76 Å². The van der Waals surface area contributed by atoms with E-state index < -0.39 is 0 Å². The Bertz CT molecular complexity index is 762. The minimum atomic E-state index is -0.232. The molecule has 2 aliphatic rings. The Morgan fingerprint density at radius 1 is 1.29 bits per heavy atom. The van der Waals surface area contributed by atoms with Crippen molar-refractivity contribution in [2.24, 2.45) is 0 Å². The fourth-order valence-corrected chi connectivity index (χ4v) is 2.94. The summed E-state index contributed by atoms with van der Waals surface area (Å²) in [7, 11) is 0. The van der Waals surface area contributed by atoms with Crippen molar-refractivity contribution in [3.05, 3.63) is 47.3 Å². The lowest BCUT2D eigenvalue weighted by Crippen LogP contribution is -2.24. The second-order valence-electron chi connectivity index (χ2n) is 6.39. The van der Waals surface area contributed by atoms with Crippen LogP contribution in [0.4, 0.5) is 5.69 Å². The Balaban J connectivity index is 1.34. The van der Waals surface area contributed by atoms with Gasteiger partial charge in [0.25, 0.3) is 5.91 Å². The van der Waals surface area contributed by atoms with Crippen LogP contribution in [0.1, 0.15) is 53.4 Å². The molecule has 6 heteroatoms. The molecule has 1 aromatic heterocycles. The van der Waals surface area contributed by atoms with Gasteiger partial charge in [-0.15, -0.1) is 0 Å². The van der Waals surface area contributed by atoms with E-state index in [0.29, 0.717) is 24.6 Å². The third kappa shape index (κ3) is 3.04. The summed E-state index contributed by atoms with van der Waals surface area (Å²) < 4.78 is 5.20. The van der Waals surface area contributed by atoms with Gasteiger partial charge in [0.05, 0.1) is 0 Å². The number of carbonyl (C=O) groups excluding carboxylic acids is 2. The average molecular weight is 325 g/mol. The maximum absolute atomic E-state index is 12.1. The van der Waals surface area contributed by atoms with Crippen molar-refractivity contribution in [2.75, 3.05) is 11.4 Å². The van der Waals surface area contributed by atoms with E-state index in [1.54, 1.807) is 11.0 Å². The van der Waals surface area contributed by atoms with Gasteiger partial charge in [-0.2, -0.15) is 0 Å². The van der Waals surface area contributed by atoms with E-state index in [0.717, 1.165) is 42.8 Å². The zero-order valence-corrected chi connectivity index (χ0v) is 13.3. The van der Waals surface area contributed by atoms with E-state index in [1.807, 2.05) is 24.3 Å². The van der Waals surface area contributed by atoms with Crippen molar-refractivity contribution in [1.82, 2.24) is 10.5 Å². The van der Waals surface area contributed by atoms with Crippen LogP contribution in [0.5, 0.6) is 0 Å². The van der Waals surface area contributed by atoms with E-state index in [1.165, 1.54) is 0 Å². The number of carbonyl (C=O) groups is 2. The molecule has 4 rings (SSSR count). The number of nitrogens with zero attached hydrogens (tertiary/aromatic N) is 2. The fraction of sp³-hybridized carbons (Fsp3) is 0.389. The van der Waals surface area contributed by atoms with Gasteiger partial charge in [-0.3, -0.25) is 9.59 Å². The second-order valence-corrected chi connectivity index (χ2v) is 6.39. The molecule has 1 aromatic carbocycles. The first-order valence-corrected chi connectivity index (χ1v) is 8.35. The second kappa shape index (κ2) is 6.11. The third-order valence-electron chi connectivity index (χ3n) is 4.52. The van der Waals surface area contributed by atoms with E-state index in [2.05, 4.69) is 10.5 Å². The first-order valence-electron chi connectivity index (χ1n) is 8.35. The van der Waals surface area contributed by atoms with Crippen LogP contribution in [0.25, 0.3) is 0 Å². The molecule has 124 valence electrons. The van der Waals surface area contributed by atoms with Crippen LogP contribution in [-0.2, 0) is 11.3 Å². The van der Waals surface area contributed by atoms with Gasteiger partial charge in [-0.05, 0) is 37.0 Å². The van der Waals surface area contributed by atoms with Crippen LogP contribution in [-0.4, -0.2) is 23.5 Å². The van der Waals surface area contributed by atoms with Gasteiger partial charge < -0.3 is 14.7 Å². The van der Waals surface area contributed by atoms with Crippen LogP contribution < -0.4 is 10.2 Å². The number of hydrogen-bond donors (Lipinski definition) is 1. The number of nitrogens with one attached hydrogen (secondary N) is 1. The molecule has 1 saturated carbocycles. The highest BCUT2D eigenvalue weighted by Crippen LogP contribution is 2.40. The highest BCUT2D eigenvalue weighted by Gasteiger charge is 2.28. The van der Waals surface area contributed by atoms with Gasteiger partial charge in [0.2, 0.25) is 5.91 Å². The number of rotatable bonds is 5. The first-order chi connectivity index (χ1) is 11.7. The summed E-state index contributed by atoms with van der Waals surface area (Å²) in [6.45, 7) is 1.20. The highest BCUT2D eigenvalue weighted by atomic mass is 16.5. The minimum Gasteiger partial charge on any atom is -0.360 e. The smallest absolute Gasteiger partial charge is 0.273 e. The Morgan fingerprint density at radius 2 is 2.08 bits per heavy atom. The van der Waals surface area contributed by atoms with Crippen LogP contribution >= 0.6 is 0 Å². The first kappa shape index (κ1) is 14.9. The van der Waals surface area contributed by atoms with Gasteiger partial charge in [-0.25, -0.2) is 0 Å². The zero-order valence-electron chi connectivity index (χ0n) is 13.3. The van der Waals surface area contributed by atoms with E-state index >= 15 is 0 Å². The molecule has 1 saturated heterocycles. The molecule has 2 fully saturated rings. The van der Waals surface area contributed by atoms with Crippen LogP contribution in [0.3, 0.4) is 0 Å². The van der Waals surface area contributed by atoms with Crippen molar-refractivity contribution in [2.45, 2.75) is 38.1 Å². The molecular formula is C18H19N3O3. The summed E-state index contributed by atoms with van der Waals surface area (Å²) >= 11 is 0. The summed E-state index contributed by atoms with van der Waals surface area (Å²) in [5.41, 5.74) is 2.22. The number of hydrogen-bond acceptors (Lipinski definition) is 4. The molecule has 0 bridgehead atoms. The summed E-state index contributed by atoms with van der Waals surface area (Å²) in [4.78, 5) is 25.6. The molecule has 0 radical (unpaired) electrons. The van der Waals surface area contributed by atoms with Crippen molar-refractivity contribution in [1.29, 1.82) is 0 Å². The van der Waals surface area contributed by atoms with E-state index in [9.17, 15) is 9.59 Å². The number of aromatic nitrogens is 1. The van der Waals surface area contributed by atoms with Crippen molar-refractivity contribution >= 4 is 17.5 Å². The molecule has 1 N–H and O–H groups in total. The van der Waals surface area contributed by atoms with Gasteiger partial charge in [-0.1, -0.05) is 17.3 Å². The minimum absolute atomic E-state index is 0.175. The molecular weight excluding hydrogens is 306 g/mol. The van der Waals surface area contributed by atoms with E-state index in [4.69, 9.17) is 4.52 Å². The van der Waals surface area contributed by atoms with Crippen molar-refractivity contribution < 1.29 is 14.1 Å². The number of anilines is 1. The molecule has 2 heterocycles. The Labute approximate surface area is 139 Å². The van der Waals surface area contributed by atoms with Crippen LogP contribution in [0.15, 0.2) is 34.9 Å². The summed E-state index contributed by atoms with van der Waals surface area (Å²) in [6.07, 6.45) is 3.76. The largest absolute Gasteiger partial charge is 0.360 e. The molecule has 2 aromatic rings. The lowest BCUT2D eigenvalue weighted by atomic mass is 10.2. The fourth-order valence-electron chi connectivity index (χ4n) is 2.94. The molecule has 1 aliphatic carbocycles. The summed E-state index contributed by atoms with van der Waals surface area (Å²) in [5, 5.41) is 6.68. The van der Waals surface area contributed by atoms with Crippen molar-refractivity contribution in [3.63, 3.8) is 0 Å². The third-order valence-corrected chi connectivity index (χ3v) is 4.52. The molecule has 0 atom stereocenters. The molecule has 0 unspecified atom stereocenters. The SMILES string of the molecule is O=C(NCc1ccc(N2CCCC2=O)cc1)c1cc(C2CC2)on1. The molecule has 1 aliphatic heterocycles. The molecule has 2 amide bonds. The Hall–Kier alpha value is -2.63. The van der Waals surface area contributed by atoms with Gasteiger partial charge in [0, 0.05) is 37.2 Å². The normalized spacial score (nSPS) is 17.3. The predicted molar refractivity (Wildman–Crippen MR) is 87.7 cm³/mol. The van der Waals surface area contributed by atoms with Crippen molar-refractivity contribution in [3.8, 4) is 0 Å². The van der Waals surface area contributed by atoms with Crippen LogP contribution in [0.2, 0.25) is 0 Å². The Kier molecular flexibility index (Phi) is 3.80. The zero-order chi connectivity index (χ0) is 16.5. The molecule has 0 spiro atoms. The predicted octanol–water partition coefficient (Wildman–Crippen LogP) is 2.61. The Morgan fingerprint density at radius 3 is 2.75 bits per heavy atom. The monoisotopic (exact) mass is 325 g/mol. The van der Waals surface area contributed by atoms with Crippen LogP contribution in [0, 0.1) is 0 Å². The quantitative estimate of drug-likeness (QED) is 0.917. The highest BCUT2D eigenvalue weighted by molar-refractivity contribution is 5.95. The van der Waals surface area contributed by atoms with Gasteiger partial charge >= 0.3 is 0 Å². The summed E-state index contributed by atoms with van der Waals surface area (Å²) in [6, 6.07) is 9.44. The average Bonchev–Trinajstić information content (AvgIpc) is 3.17. The maximum Gasteiger partial charge on any atom is 0.273 e. The topological polar surface area (TPSA) is 75.4 Å². The van der Waals surface area contributed by atoms with E-state index in [-0.39, 0.29) is 11.8 Å². The maximum atomic E-state index is 12.1. The number of amides is 2. The molecule has 6 nitrogen and oxygen atoms in total. The lowest BCUT2D eigenvalue weighted by Gasteiger charge is -2.16. The summed E-state index contributed by atoms with van der Waals surface area (Å²) in [5.74, 6) is 1.19. The standard InChI is InChI=1S/C18H19N3O3/c22-17-2-1-9-21(17)14-7-3-12(4-8-14)11-19-18(23)15-10-16(24-20-15)13-5-6-13/h3-4,7-8,10,13H,1-2,5-6,9,11H2,(H,19,23). The lowest BCUT2D eigenvalue weighted by molar-refractivity contribution is -0.117. The molecule has 24 heavy (non-hydrogen) atoms.